The zero-order chi connectivity index (χ0) is 13.8. The molecule has 20 heavy (non-hydrogen) atoms. The van der Waals surface area contributed by atoms with Crippen molar-refractivity contribution >= 4 is 21.6 Å². The molecule has 108 valence electrons. The summed E-state index contributed by atoms with van der Waals surface area (Å²) in [6.45, 7) is 0. The summed E-state index contributed by atoms with van der Waals surface area (Å²) in [5, 5.41) is 11.3. The zero-order valence-corrected chi connectivity index (χ0v) is 12.7. The van der Waals surface area contributed by atoms with Crippen molar-refractivity contribution in [1.29, 1.82) is 0 Å². The lowest BCUT2D eigenvalue weighted by Gasteiger charge is -2.22. The fraction of sp³-hybridized carbons (Fsp3) is 0.588. The number of hydrogen-bond acceptors (Lipinski definition) is 3. The van der Waals surface area contributed by atoms with Crippen LogP contribution in [-0.2, 0) is 6.42 Å². The number of para-hydroxylation sites is 1. The molecule has 2 aromatic rings. The van der Waals surface area contributed by atoms with Gasteiger partial charge in [-0.25, -0.2) is 4.98 Å². The molecule has 1 saturated carbocycles. The molecule has 1 fully saturated rings. The summed E-state index contributed by atoms with van der Waals surface area (Å²) in [4.78, 5) is 4.61. The van der Waals surface area contributed by atoms with Crippen LogP contribution in [0.4, 0.5) is 0 Å². The van der Waals surface area contributed by atoms with E-state index in [0.717, 1.165) is 22.9 Å². The van der Waals surface area contributed by atoms with E-state index < -0.39 is 0 Å². The molecular weight excluding hydrogens is 266 g/mol. The first kappa shape index (κ1) is 14.0. The van der Waals surface area contributed by atoms with E-state index >= 15 is 0 Å². The predicted octanol–water partition coefficient (Wildman–Crippen LogP) is 4.56. The second-order valence-corrected chi connectivity index (χ2v) is 7.13. The van der Waals surface area contributed by atoms with Gasteiger partial charge >= 0.3 is 0 Å². The Labute approximate surface area is 124 Å². The Morgan fingerprint density at radius 2 is 2.00 bits per heavy atom. The number of fused-ring (bicyclic) bond motifs is 1. The summed E-state index contributed by atoms with van der Waals surface area (Å²) >= 11 is 1.72. The molecule has 0 aliphatic heterocycles. The minimum atomic E-state index is -0.225. The number of thiazole rings is 1. The van der Waals surface area contributed by atoms with E-state index in [-0.39, 0.29) is 6.10 Å². The minimum absolute atomic E-state index is 0.225. The molecule has 0 radical (unpaired) electrons. The standard InChI is InChI=1S/C17H23NOS/c19-14(11-10-13-6-2-1-3-7-13)12-17-18-15-8-4-5-9-16(15)20-17/h4-5,8-9,13-14,19H,1-3,6-7,10-12H2. The van der Waals surface area contributed by atoms with Crippen molar-refractivity contribution in [2.45, 2.75) is 57.5 Å². The first-order valence-corrected chi connectivity index (χ1v) is 8.65. The van der Waals surface area contributed by atoms with Crippen LogP contribution in [0.3, 0.4) is 0 Å². The highest BCUT2D eigenvalue weighted by Crippen LogP contribution is 2.28. The predicted molar refractivity (Wildman–Crippen MR) is 85.1 cm³/mol. The van der Waals surface area contributed by atoms with Crippen LogP contribution in [-0.4, -0.2) is 16.2 Å². The van der Waals surface area contributed by atoms with Crippen molar-refractivity contribution in [3.8, 4) is 0 Å². The van der Waals surface area contributed by atoms with Gasteiger partial charge in [0.25, 0.3) is 0 Å². The average Bonchev–Trinajstić information content (AvgIpc) is 2.88. The molecule has 0 saturated heterocycles. The van der Waals surface area contributed by atoms with Gasteiger partial charge < -0.3 is 5.11 Å². The Morgan fingerprint density at radius 1 is 1.20 bits per heavy atom. The zero-order valence-electron chi connectivity index (χ0n) is 11.9. The number of nitrogens with zero attached hydrogens (tertiary/aromatic N) is 1. The molecular formula is C17H23NOS. The summed E-state index contributed by atoms with van der Waals surface area (Å²) in [6, 6.07) is 8.21. The third-order valence-electron chi connectivity index (χ3n) is 4.38. The van der Waals surface area contributed by atoms with Gasteiger partial charge in [-0.1, -0.05) is 44.2 Å². The molecule has 1 unspecified atom stereocenters. The Hall–Kier alpha value is -0.930. The van der Waals surface area contributed by atoms with Crippen molar-refractivity contribution in [2.24, 2.45) is 5.92 Å². The summed E-state index contributed by atoms with van der Waals surface area (Å²) in [5.41, 5.74) is 1.06. The normalized spacial score (nSPS) is 18.4. The number of rotatable bonds is 5. The van der Waals surface area contributed by atoms with E-state index in [0.29, 0.717) is 6.42 Å². The third-order valence-corrected chi connectivity index (χ3v) is 5.44. The molecule has 2 nitrogen and oxygen atoms in total. The van der Waals surface area contributed by atoms with Gasteiger partial charge in [0.1, 0.15) is 0 Å². The van der Waals surface area contributed by atoms with Crippen molar-refractivity contribution in [2.75, 3.05) is 0 Å². The summed E-state index contributed by atoms with van der Waals surface area (Å²) in [7, 11) is 0. The van der Waals surface area contributed by atoms with Gasteiger partial charge in [0.05, 0.1) is 21.3 Å². The molecule has 0 amide bonds. The van der Waals surface area contributed by atoms with Crippen molar-refractivity contribution in [1.82, 2.24) is 4.98 Å². The molecule has 1 aromatic carbocycles. The van der Waals surface area contributed by atoms with E-state index in [1.165, 1.54) is 43.2 Å². The summed E-state index contributed by atoms with van der Waals surface area (Å²) in [5.74, 6) is 0.855. The lowest BCUT2D eigenvalue weighted by Crippen LogP contribution is -2.14. The average molecular weight is 289 g/mol. The highest BCUT2D eigenvalue weighted by molar-refractivity contribution is 7.18. The fourth-order valence-corrected chi connectivity index (χ4v) is 4.25. The van der Waals surface area contributed by atoms with Crippen LogP contribution in [0.2, 0.25) is 0 Å². The van der Waals surface area contributed by atoms with Gasteiger partial charge in [0, 0.05) is 6.42 Å². The van der Waals surface area contributed by atoms with Crippen LogP contribution in [0.25, 0.3) is 10.2 Å². The van der Waals surface area contributed by atoms with Gasteiger partial charge in [-0.2, -0.15) is 0 Å². The van der Waals surface area contributed by atoms with Crippen LogP contribution in [0.15, 0.2) is 24.3 Å². The summed E-state index contributed by atoms with van der Waals surface area (Å²) < 4.78 is 1.22. The lowest BCUT2D eigenvalue weighted by molar-refractivity contribution is 0.149. The fourth-order valence-electron chi connectivity index (χ4n) is 3.21. The monoisotopic (exact) mass is 289 g/mol. The van der Waals surface area contributed by atoms with Crippen molar-refractivity contribution in [3.05, 3.63) is 29.3 Å². The molecule has 1 aromatic heterocycles. The molecule has 1 N–H and O–H groups in total. The van der Waals surface area contributed by atoms with Gasteiger partial charge in [0.2, 0.25) is 0 Å². The molecule has 1 atom stereocenters. The quantitative estimate of drug-likeness (QED) is 0.875. The molecule has 1 heterocycles. The lowest BCUT2D eigenvalue weighted by atomic mass is 9.85. The van der Waals surface area contributed by atoms with Crippen LogP contribution in [0, 0.1) is 5.92 Å². The Balaban J connectivity index is 1.51. The maximum absolute atomic E-state index is 10.2. The number of aromatic nitrogens is 1. The third kappa shape index (κ3) is 3.58. The number of hydrogen-bond donors (Lipinski definition) is 1. The van der Waals surface area contributed by atoms with E-state index in [9.17, 15) is 5.11 Å². The first-order chi connectivity index (χ1) is 9.81. The van der Waals surface area contributed by atoms with Crippen LogP contribution in [0.5, 0.6) is 0 Å². The SMILES string of the molecule is OC(CCC1CCCCC1)Cc1nc2ccccc2s1. The second-order valence-electron chi connectivity index (χ2n) is 6.01. The molecule has 3 rings (SSSR count). The van der Waals surface area contributed by atoms with Crippen molar-refractivity contribution in [3.63, 3.8) is 0 Å². The van der Waals surface area contributed by atoms with Gasteiger partial charge in [-0.05, 0) is 30.9 Å². The molecule has 1 aliphatic rings. The second kappa shape index (κ2) is 6.68. The first-order valence-electron chi connectivity index (χ1n) is 7.84. The maximum Gasteiger partial charge on any atom is 0.0964 e. The Bertz CT molecular complexity index is 512. The topological polar surface area (TPSA) is 33.1 Å². The van der Waals surface area contributed by atoms with Gasteiger partial charge in [-0.15, -0.1) is 11.3 Å². The Morgan fingerprint density at radius 3 is 2.80 bits per heavy atom. The van der Waals surface area contributed by atoms with Crippen LogP contribution >= 0.6 is 11.3 Å². The van der Waals surface area contributed by atoms with Gasteiger partial charge in [-0.3, -0.25) is 0 Å². The van der Waals surface area contributed by atoms with Crippen LogP contribution in [0.1, 0.15) is 50.0 Å². The molecule has 0 bridgehead atoms. The molecule has 1 aliphatic carbocycles. The minimum Gasteiger partial charge on any atom is -0.393 e. The maximum atomic E-state index is 10.2. The molecule has 3 heteroatoms. The van der Waals surface area contributed by atoms with Gasteiger partial charge in [0.15, 0.2) is 0 Å². The number of aliphatic hydroxyl groups excluding tert-OH is 1. The highest BCUT2D eigenvalue weighted by Gasteiger charge is 2.16. The smallest absolute Gasteiger partial charge is 0.0964 e. The molecule has 0 spiro atoms. The largest absolute Gasteiger partial charge is 0.393 e. The number of aliphatic hydroxyl groups is 1. The van der Waals surface area contributed by atoms with Crippen LogP contribution < -0.4 is 0 Å². The van der Waals surface area contributed by atoms with E-state index in [2.05, 4.69) is 11.1 Å². The summed E-state index contributed by atoms with van der Waals surface area (Å²) in [6.07, 6.45) is 9.53. The Kier molecular flexibility index (Phi) is 4.69. The van der Waals surface area contributed by atoms with E-state index in [1.54, 1.807) is 11.3 Å². The van der Waals surface area contributed by atoms with Crippen molar-refractivity contribution < 1.29 is 5.11 Å². The van der Waals surface area contributed by atoms with E-state index in [1.807, 2.05) is 18.2 Å². The number of benzene rings is 1. The van der Waals surface area contributed by atoms with E-state index in [4.69, 9.17) is 0 Å². The highest BCUT2D eigenvalue weighted by atomic mass is 32.1.